The molecule has 3 rings (SSSR count). The highest BCUT2D eigenvalue weighted by Crippen LogP contribution is 2.43. The van der Waals surface area contributed by atoms with Crippen molar-refractivity contribution < 1.29 is 18.8 Å². The maximum absolute atomic E-state index is 9.99. The molecule has 0 bridgehead atoms. The molecule has 0 aliphatic heterocycles. The Kier molecular flexibility index (Phi) is 0.684. The molecule has 0 heterocycles. The van der Waals surface area contributed by atoms with E-state index in [1.807, 2.05) is 0 Å². The molecule has 1 aliphatic rings. The minimum absolute atomic E-state index is 0.198. The minimum Gasteiger partial charge on any atom is -0.395 e. The van der Waals surface area contributed by atoms with Gasteiger partial charge in [0.05, 0.1) is 20.3 Å². The maximum atomic E-state index is 9.99. The van der Waals surface area contributed by atoms with Crippen molar-refractivity contribution in [2.45, 2.75) is 5.92 Å². The molecule has 1 N–H and O–H groups in total. The van der Waals surface area contributed by atoms with Gasteiger partial charge in [0.25, 0.3) is 0 Å². The highest BCUT2D eigenvalue weighted by atomic mass is 16.3. The van der Waals surface area contributed by atoms with Crippen LogP contribution in [0.5, 0.6) is 0 Å². The van der Waals surface area contributed by atoms with Crippen LogP contribution in [0.15, 0.2) is 48.3 Å². The number of hydrogen-bond acceptors (Lipinski definition) is 1. The molecule has 15 heavy (non-hydrogen) atoms. The van der Waals surface area contributed by atoms with Crippen molar-refractivity contribution >= 4 is 0 Å². The van der Waals surface area contributed by atoms with Gasteiger partial charge in [-0.05, 0) is 22.3 Å². The first-order chi connectivity index (χ1) is 11.4. The SMILES string of the molecule is [2H]c1c([2H])c([2H])c2c(c1[2H])-c1c([2H])c([2H])c([2H])c([2H])c1C2C([2H])([2H])O. The number of aliphatic hydroxyl groups is 1. The van der Waals surface area contributed by atoms with Crippen LogP contribution in [0.25, 0.3) is 11.1 Å². The smallest absolute Gasteiger partial charge is 0.0629 e. The molecule has 0 aromatic heterocycles. The van der Waals surface area contributed by atoms with E-state index in [0.29, 0.717) is 0 Å². The van der Waals surface area contributed by atoms with Crippen LogP contribution in [0.4, 0.5) is 0 Å². The molecule has 1 aliphatic carbocycles. The lowest BCUT2D eigenvalue weighted by atomic mass is 9.98. The van der Waals surface area contributed by atoms with Gasteiger partial charge in [0.15, 0.2) is 0 Å². The molecule has 2 aromatic carbocycles. The Bertz CT molecular complexity index is 862. The first-order valence-electron chi connectivity index (χ1n) is 9.34. The molecule has 0 saturated carbocycles. The van der Waals surface area contributed by atoms with Crippen molar-refractivity contribution in [3.8, 4) is 11.1 Å². The average molecular weight is 206 g/mol. The Balaban J connectivity index is 2.62. The van der Waals surface area contributed by atoms with E-state index >= 15 is 0 Å². The lowest BCUT2D eigenvalue weighted by Gasteiger charge is -2.08. The van der Waals surface area contributed by atoms with Gasteiger partial charge >= 0.3 is 0 Å². The summed E-state index contributed by atoms with van der Waals surface area (Å²) in [7, 11) is 0. The highest BCUT2D eigenvalue weighted by Gasteiger charge is 2.26. The molecule has 1 heteroatoms. The zero-order valence-corrected chi connectivity index (χ0v) is 7.52. The molecule has 2 aromatic rings. The Morgan fingerprint density at radius 3 is 1.93 bits per heavy atom. The van der Waals surface area contributed by atoms with Crippen molar-refractivity contribution in [2.75, 3.05) is 6.56 Å². The average Bonchev–Trinajstić information content (AvgIpc) is 2.90. The molecule has 0 amide bonds. The monoisotopic (exact) mass is 206 g/mol. The molecule has 74 valence electrons. The van der Waals surface area contributed by atoms with Gasteiger partial charge in [-0.15, -0.1) is 0 Å². The Morgan fingerprint density at radius 1 is 1.00 bits per heavy atom. The second-order valence-corrected chi connectivity index (χ2v) is 3.14. The summed E-state index contributed by atoms with van der Waals surface area (Å²) in [4.78, 5) is 0. The molecule has 1 nitrogen and oxygen atoms in total. The second kappa shape index (κ2) is 3.21. The van der Waals surface area contributed by atoms with Crippen molar-refractivity contribution in [2.24, 2.45) is 0 Å². The molecule has 0 spiro atoms. The fourth-order valence-corrected chi connectivity index (χ4v) is 1.75. The fourth-order valence-electron chi connectivity index (χ4n) is 1.75. The van der Waals surface area contributed by atoms with Gasteiger partial charge in [-0.1, -0.05) is 48.3 Å². The Hall–Kier alpha value is -1.60. The Morgan fingerprint density at radius 2 is 1.47 bits per heavy atom. The lowest BCUT2D eigenvalue weighted by Crippen LogP contribution is -2.01. The van der Waals surface area contributed by atoms with Crippen LogP contribution in [0.2, 0.25) is 0 Å². The van der Waals surface area contributed by atoms with Crippen LogP contribution < -0.4 is 0 Å². The van der Waals surface area contributed by atoms with E-state index in [2.05, 4.69) is 0 Å². The predicted octanol–water partition coefficient (Wildman–Crippen LogP) is 2.79. The first-order valence-corrected chi connectivity index (χ1v) is 4.34. The van der Waals surface area contributed by atoms with Crippen LogP contribution in [-0.2, 0) is 0 Å². The van der Waals surface area contributed by atoms with Crippen LogP contribution in [-0.4, -0.2) is 11.7 Å². The highest BCUT2D eigenvalue weighted by molar-refractivity contribution is 5.78. The van der Waals surface area contributed by atoms with Gasteiger partial charge in [-0.3, -0.25) is 0 Å². The van der Waals surface area contributed by atoms with E-state index in [9.17, 15) is 5.11 Å². The maximum Gasteiger partial charge on any atom is 0.0629 e. The summed E-state index contributed by atoms with van der Waals surface area (Å²) in [5.74, 6) is -1.65. The second-order valence-electron chi connectivity index (χ2n) is 3.14. The first kappa shape index (κ1) is 3.19. The van der Waals surface area contributed by atoms with Gasteiger partial charge < -0.3 is 5.11 Å². The summed E-state index contributed by atoms with van der Waals surface area (Å²) in [6, 6.07) is -4.66. The number of benzene rings is 2. The fraction of sp³-hybridized carbons (Fsp3) is 0.143. The largest absolute Gasteiger partial charge is 0.395 e. The van der Waals surface area contributed by atoms with E-state index in [4.69, 9.17) is 13.7 Å². The number of rotatable bonds is 1. The standard InChI is InChI=1S/C14H12O/c15-9-14-12-7-3-1-5-10(12)11-6-2-4-8-13(11)14/h1-8,14-15H,9H2/i1D,2D,3D,4D,5D,6D,7D,8D,9D2. The molecule has 0 radical (unpaired) electrons. The van der Waals surface area contributed by atoms with Crippen molar-refractivity contribution in [3.05, 3.63) is 59.5 Å². The van der Waals surface area contributed by atoms with Crippen LogP contribution in [0.1, 0.15) is 30.8 Å². The summed E-state index contributed by atoms with van der Waals surface area (Å²) in [6.07, 6.45) is 0. The third-order valence-electron chi connectivity index (χ3n) is 2.39. The van der Waals surface area contributed by atoms with E-state index in [-0.39, 0.29) is 22.3 Å². The third-order valence-corrected chi connectivity index (χ3v) is 2.39. The molecular formula is C14H12O. The van der Waals surface area contributed by atoms with Gasteiger partial charge in [-0.2, -0.15) is 0 Å². The van der Waals surface area contributed by atoms with Crippen LogP contribution >= 0.6 is 0 Å². The summed E-state index contributed by atoms with van der Waals surface area (Å²) in [5.41, 5.74) is -0.923. The van der Waals surface area contributed by atoms with Crippen LogP contribution in [0.3, 0.4) is 0 Å². The number of hydrogen-bond donors (Lipinski definition) is 1. The van der Waals surface area contributed by atoms with Crippen molar-refractivity contribution in [1.82, 2.24) is 0 Å². The third kappa shape index (κ3) is 1.13. The lowest BCUT2D eigenvalue weighted by molar-refractivity contribution is 0.282. The van der Waals surface area contributed by atoms with Gasteiger partial charge in [0.1, 0.15) is 0 Å². The minimum atomic E-state index is -2.99. The molecule has 0 atom stereocenters. The normalized spacial score (nSPS) is 24.1. The predicted molar refractivity (Wildman–Crippen MR) is 60.8 cm³/mol. The summed E-state index contributed by atoms with van der Waals surface area (Å²) in [5, 5.41) is 9.99. The van der Waals surface area contributed by atoms with Crippen molar-refractivity contribution in [3.63, 3.8) is 0 Å². The summed E-state index contributed by atoms with van der Waals surface area (Å²) >= 11 is 0. The van der Waals surface area contributed by atoms with Gasteiger partial charge in [0, 0.05) is 5.92 Å². The van der Waals surface area contributed by atoms with Crippen molar-refractivity contribution in [1.29, 1.82) is 0 Å². The Labute approximate surface area is 103 Å². The van der Waals surface area contributed by atoms with Gasteiger partial charge in [-0.25, -0.2) is 0 Å². The van der Waals surface area contributed by atoms with Gasteiger partial charge in [0.2, 0.25) is 0 Å². The topological polar surface area (TPSA) is 20.2 Å². The summed E-state index contributed by atoms with van der Waals surface area (Å²) in [6.45, 7) is -2.99. The van der Waals surface area contributed by atoms with E-state index < -0.39 is 60.8 Å². The summed E-state index contributed by atoms with van der Waals surface area (Å²) < 4.78 is 78.8. The zero-order chi connectivity index (χ0) is 19.0. The van der Waals surface area contributed by atoms with E-state index in [1.54, 1.807) is 0 Å². The van der Waals surface area contributed by atoms with E-state index in [0.717, 1.165) is 0 Å². The molecule has 0 unspecified atom stereocenters. The molecular weight excluding hydrogens is 184 g/mol. The molecule has 0 fully saturated rings. The quantitative estimate of drug-likeness (QED) is 0.760. The van der Waals surface area contributed by atoms with Crippen LogP contribution in [0, 0.1) is 0 Å². The molecule has 0 saturated heterocycles. The number of fused-ring (bicyclic) bond motifs is 3. The van der Waals surface area contributed by atoms with E-state index in [1.165, 1.54) is 0 Å². The zero-order valence-electron chi connectivity index (χ0n) is 17.5.